The van der Waals surface area contributed by atoms with Crippen molar-refractivity contribution < 1.29 is 84.7 Å². The van der Waals surface area contributed by atoms with Crippen LogP contribution in [0.15, 0.2) is 59.4 Å². The zero-order valence-electron chi connectivity index (χ0n) is 39.6. The molecule has 13 N–H and O–H groups in total. The Morgan fingerprint density at radius 2 is 0.922 bits per heavy atom. The van der Waals surface area contributed by atoms with Gasteiger partial charge >= 0.3 is 34.8 Å². The first kappa shape index (κ1) is 54.5. The average molecular weight is 1140 g/mol. The van der Waals surface area contributed by atoms with E-state index >= 15 is 0 Å². The summed E-state index contributed by atoms with van der Waals surface area (Å²) in [5.41, 5.74) is 22.4. The summed E-state index contributed by atoms with van der Waals surface area (Å²) in [7, 11) is -15.6. The fourth-order valence-electron chi connectivity index (χ4n) is 9.01. The first-order valence-electron chi connectivity index (χ1n) is 23.1. The molecular weight excluding hydrogens is 1090 g/mol. The van der Waals surface area contributed by atoms with E-state index in [0.29, 0.717) is 0 Å². The first-order valence-corrected chi connectivity index (χ1v) is 27.5. The highest BCUT2D eigenvalue weighted by Crippen LogP contribution is 2.54. The van der Waals surface area contributed by atoms with Crippen molar-refractivity contribution in [2.24, 2.45) is 0 Å². The van der Waals surface area contributed by atoms with Crippen molar-refractivity contribution in [3.05, 3.63) is 70.8 Å². The summed E-state index contributed by atoms with van der Waals surface area (Å²) >= 11 is 0. The molecule has 4 saturated heterocycles. The minimum absolute atomic E-state index is 0.0195. The summed E-state index contributed by atoms with van der Waals surface area (Å²) in [4.78, 5) is 90.4. The fourth-order valence-corrected chi connectivity index (χ4v) is 11.9. The van der Waals surface area contributed by atoms with Gasteiger partial charge in [0.15, 0.2) is 22.9 Å². The van der Waals surface area contributed by atoms with Crippen LogP contribution >= 0.6 is 23.5 Å². The Morgan fingerprint density at radius 3 is 1.35 bits per heavy atom. The van der Waals surface area contributed by atoms with Gasteiger partial charge in [0.1, 0.15) is 103 Å². The van der Waals surface area contributed by atoms with E-state index in [-0.39, 0.29) is 64.9 Å². The lowest BCUT2D eigenvalue weighted by Gasteiger charge is -2.25. The number of hydrogen-bond donors (Lipinski definition) is 9. The van der Waals surface area contributed by atoms with Gasteiger partial charge in [-0.05, 0) is 12.1 Å². The van der Waals surface area contributed by atoms with Crippen LogP contribution in [0.4, 0.5) is 23.3 Å². The average Bonchev–Trinajstić information content (AvgIpc) is 4.28. The van der Waals surface area contributed by atoms with Crippen LogP contribution in [-0.4, -0.2) is 158 Å². The van der Waals surface area contributed by atoms with Crippen molar-refractivity contribution in [3.63, 3.8) is 0 Å². The second-order valence-electron chi connectivity index (χ2n) is 17.7. The number of ether oxygens (including phenoxy) is 4. The van der Waals surface area contributed by atoms with Gasteiger partial charge in [0.05, 0.1) is 45.2 Å². The molecule has 36 nitrogen and oxygen atoms in total. The predicted molar refractivity (Wildman–Crippen MR) is 254 cm³/mol. The quantitative estimate of drug-likeness (QED) is 0.0394. The maximum Gasteiger partial charge on any atom is 0.472 e. The van der Waals surface area contributed by atoms with Crippen LogP contribution in [0.2, 0.25) is 0 Å². The molecule has 0 bridgehead atoms. The lowest BCUT2D eigenvalue weighted by Crippen LogP contribution is -2.31. The van der Waals surface area contributed by atoms with Crippen molar-refractivity contribution >= 4 is 69.1 Å². The number of nitrogens with zero attached hydrogens (tertiary/aromatic N) is 12. The van der Waals surface area contributed by atoms with Gasteiger partial charge in [-0.25, -0.2) is 53.2 Å². The number of hydrogen-bond acceptors (Lipinski definition) is 29. The molecule has 77 heavy (non-hydrogen) atoms. The molecule has 6 aromatic heterocycles. The number of phosphoric ester groups is 3. The minimum Gasteiger partial charge on any atom is -0.394 e. The van der Waals surface area contributed by atoms with Crippen molar-refractivity contribution in [2.45, 2.75) is 99.4 Å². The van der Waals surface area contributed by atoms with E-state index in [2.05, 4.69) is 39.9 Å². The molecule has 3 unspecified atom stereocenters. The van der Waals surface area contributed by atoms with E-state index in [4.69, 9.17) is 69.0 Å². The summed E-state index contributed by atoms with van der Waals surface area (Å²) in [5, 5.41) is 20.8. The number of nitrogens with two attached hydrogens (primary N) is 4. The van der Waals surface area contributed by atoms with Gasteiger partial charge in [0.25, 0.3) is 0 Å². The Labute approximate surface area is 430 Å². The minimum atomic E-state index is -5.32. The highest BCUT2D eigenvalue weighted by Gasteiger charge is 2.48. The number of phosphoric acid groups is 3. The molecular formula is C38H49N16O20P3. The Kier molecular flexibility index (Phi) is 15.4. The van der Waals surface area contributed by atoms with Crippen LogP contribution in [-0.2, 0) is 59.8 Å². The van der Waals surface area contributed by atoms with Crippen molar-refractivity contribution in [1.82, 2.24) is 58.1 Å². The van der Waals surface area contributed by atoms with E-state index in [1.807, 2.05) is 0 Å². The van der Waals surface area contributed by atoms with E-state index in [1.165, 1.54) is 52.6 Å². The standard InChI is InChI=1S/C38H49N16O20P3/c39-25-1-3-51(37(57)49-25)27-5-17(56)22(69-27)10-65-75(59,60)74-20-8-30(54-16-48-32-34(42)44-14-46-36(32)54)71-24(20)12-67-77(63,64)73-19-7-28(52-4-2-26(40)50-38(52)58)70-23(19)11-66-76(61,62)72-18-6-29(68-21(18)9-55)53-15-47-31-33(41)43-13-45-35(31)53/h1-4,13-24,27-30,55-56H,5-12H2,(H,59,60)(H,61,62)(H,63,64)(H2,39,49,57)(H2,40,50,58)(H2,41,43,45)(H2,42,44,46)/t17-,18-,19-,20-,21+,22+,23+,24+,27+,28+,29+,30+/m0/s1. The van der Waals surface area contributed by atoms with Gasteiger partial charge in [-0.1, -0.05) is 0 Å². The SMILES string of the molecule is Nc1ccn([C@H]2C[C@H](OP(=O)(O)OC[C@H]3O[C@@H](n4cnc5c(N)ncnc54)C[C@@H]3OP(=O)(O)OC[C@H]3O[C@@H](n4ccc(N)nc4=O)C[C@@H]3O)[C@@H](COP(=O)(O)O[C@H]3C[C@H](n4cnc5c(N)ncnc54)O[C@@H]3CO)O2)c(=O)n1. The molecule has 39 heteroatoms. The zero-order chi connectivity index (χ0) is 54.6. The number of aliphatic hydroxyl groups is 2. The highest BCUT2D eigenvalue weighted by molar-refractivity contribution is 7.48. The highest BCUT2D eigenvalue weighted by atomic mass is 31.2. The Morgan fingerprint density at radius 1 is 0.545 bits per heavy atom. The summed E-state index contributed by atoms with van der Waals surface area (Å²) in [6, 6.07) is 2.61. The summed E-state index contributed by atoms with van der Waals surface area (Å²) in [5.74, 6) is -0.0697. The zero-order valence-corrected chi connectivity index (χ0v) is 42.3. The number of nitrogen functional groups attached to an aromatic ring is 4. The summed E-state index contributed by atoms with van der Waals surface area (Å²) < 4.78 is 102. The molecule has 0 aromatic carbocycles. The lowest BCUT2D eigenvalue weighted by atomic mass is 10.2. The normalized spacial score (nSPS) is 30.0. The molecule has 4 aliphatic heterocycles. The summed E-state index contributed by atoms with van der Waals surface area (Å²) in [6.07, 6.45) is -8.64. The third-order valence-corrected chi connectivity index (χ3v) is 15.7. The molecule has 4 aliphatic rings. The third-order valence-electron chi connectivity index (χ3n) is 12.7. The molecule has 0 radical (unpaired) electrons. The van der Waals surface area contributed by atoms with Gasteiger partial charge in [-0.15, -0.1) is 0 Å². The van der Waals surface area contributed by atoms with Crippen LogP contribution in [0.3, 0.4) is 0 Å². The van der Waals surface area contributed by atoms with Crippen LogP contribution in [0, 0.1) is 0 Å². The number of aromatic nitrogens is 12. The van der Waals surface area contributed by atoms with Crippen molar-refractivity contribution in [3.8, 4) is 0 Å². The van der Waals surface area contributed by atoms with Crippen LogP contribution in [0.1, 0.15) is 50.6 Å². The second-order valence-corrected chi connectivity index (χ2v) is 21.9. The van der Waals surface area contributed by atoms with Crippen LogP contribution in [0.25, 0.3) is 22.3 Å². The molecule has 10 rings (SSSR count). The predicted octanol–water partition coefficient (Wildman–Crippen LogP) is -1.48. The van der Waals surface area contributed by atoms with Crippen LogP contribution < -0.4 is 34.3 Å². The van der Waals surface area contributed by atoms with E-state index < -0.39 is 141 Å². The molecule has 15 atom stereocenters. The summed E-state index contributed by atoms with van der Waals surface area (Å²) in [6.45, 7) is -3.14. The maximum atomic E-state index is 13.9. The molecule has 10 heterocycles. The molecule has 0 saturated carbocycles. The monoisotopic (exact) mass is 1140 g/mol. The second kappa shape index (κ2) is 21.8. The van der Waals surface area contributed by atoms with Gasteiger partial charge in [0, 0.05) is 38.1 Å². The maximum absolute atomic E-state index is 13.9. The molecule has 416 valence electrons. The lowest BCUT2D eigenvalue weighted by molar-refractivity contribution is -0.0630. The molecule has 0 amide bonds. The molecule has 4 fully saturated rings. The molecule has 0 spiro atoms. The van der Waals surface area contributed by atoms with Gasteiger partial charge in [-0.2, -0.15) is 9.97 Å². The molecule has 0 aliphatic carbocycles. The number of imidazole rings is 2. The van der Waals surface area contributed by atoms with Crippen LogP contribution in [0.5, 0.6) is 0 Å². The topological polar surface area (TPSA) is 506 Å². The third kappa shape index (κ3) is 11.9. The Bertz CT molecular complexity index is 3410. The van der Waals surface area contributed by atoms with Gasteiger partial charge in [-0.3, -0.25) is 45.4 Å². The molecule has 6 aromatic rings. The number of fused-ring (bicyclic) bond motifs is 2. The Hall–Kier alpha value is -5.85. The fraction of sp³-hybridized carbons (Fsp3) is 0.526. The van der Waals surface area contributed by atoms with E-state index in [9.17, 15) is 48.2 Å². The number of aliphatic hydroxyl groups excluding tert-OH is 2. The first-order chi connectivity index (χ1) is 36.6. The smallest absolute Gasteiger partial charge is 0.394 e. The largest absolute Gasteiger partial charge is 0.472 e. The Balaban J connectivity index is 0.820. The van der Waals surface area contributed by atoms with Crippen molar-refractivity contribution in [2.75, 3.05) is 49.4 Å². The van der Waals surface area contributed by atoms with E-state index in [1.54, 1.807) is 0 Å². The van der Waals surface area contributed by atoms with E-state index in [0.717, 1.165) is 15.5 Å². The van der Waals surface area contributed by atoms with Gasteiger partial charge in [0.2, 0.25) is 0 Å². The number of anilines is 4. The van der Waals surface area contributed by atoms with Gasteiger partial charge < -0.3 is 66.8 Å². The van der Waals surface area contributed by atoms with Crippen molar-refractivity contribution in [1.29, 1.82) is 0 Å². The number of rotatable bonds is 20.